The van der Waals surface area contributed by atoms with Gasteiger partial charge in [-0.3, -0.25) is 9.11 Å². The van der Waals surface area contributed by atoms with Crippen LogP contribution in [0, 0.1) is 0 Å². The highest BCUT2D eigenvalue weighted by molar-refractivity contribution is 7.86. The lowest BCUT2D eigenvalue weighted by atomic mass is 10.1. The molecule has 10 heteroatoms. The summed E-state index contributed by atoms with van der Waals surface area (Å²) < 4.78 is 62.1. The minimum atomic E-state index is -4.64. The first-order valence-corrected chi connectivity index (χ1v) is 8.55. The van der Waals surface area contributed by atoms with E-state index in [4.69, 9.17) is 4.55 Å². The van der Waals surface area contributed by atoms with E-state index in [2.05, 4.69) is 5.32 Å². The summed E-state index contributed by atoms with van der Waals surface area (Å²) in [7, 11) is -8.94. The van der Waals surface area contributed by atoms with Crippen molar-refractivity contribution < 1.29 is 31.0 Å². The first kappa shape index (κ1) is 15.5. The number of aromatic hydroxyl groups is 1. The molecule has 114 valence electrons. The van der Waals surface area contributed by atoms with E-state index in [1.54, 1.807) is 0 Å². The van der Waals surface area contributed by atoms with Gasteiger partial charge in [0.25, 0.3) is 20.2 Å². The minimum Gasteiger partial charge on any atom is -0.507 e. The van der Waals surface area contributed by atoms with Gasteiger partial charge >= 0.3 is 0 Å². The van der Waals surface area contributed by atoms with Gasteiger partial charge < -0.3 is 10.4 Å². The van der Waals surface area contributed by atoms with Crippen LogP contribution in [0.2, 0.25) is 0 Å². The van der Waals surface area contributed by atoms with Crippen LogP contribution in [-0.4, -0.2) is 36.9 Å². The van der Waals surface area contributed by atoms with E-state index in [0.29, 0.717) is 0 Å². The SMILES string of the molecule is O=S(=O)(O)CNc1cc(S(=O)(=O)O)c2c(O)cccc2c1. The normalized spacial score (nSPS) is 12.5. The lowest BCUT2D eigenvalue weighted by Crippen LogP contribution is -2.13. The molecule has 0 radical (unpaired) electrons. The number of anilines is 1. The molecular weight excluding hydrogens is 322 g/mol. The van der Waals surface area contributed by atoms with Crippen molar-refractivity contribution in [3.05, 3.63) is 30.3 Å². The molecule has 0 aliphatic carbocycles. The average Bonchev–Trinajstić information content (AvgIpc) is 2.33. The second-order valence-electron chi connectivity index (χ2n) is 4.23. The number of rotatable bonds is 4. The van der Waals surface area contributed by atoms with Crippen molar-refractivity contribution in [3.63, 3.8) is 0 Å². The Balaban J connectivity index is 2.67. The number of hydrogen-bond acceptors (Lipinski definition) is 6. The topological polar surface area (TPSA) is 141 Å². The van der Waals surface area contributed by atoms with Gasteiger partial charge in [0.1, 0.15) is 16.5 Å². The summed E-state index contributed by atoms with van der Waals surface area (Å²) in [6, 6.07) is 6.51. The third-order valence-corrected chi connectivity index (χ3v) is 4.04. The molecule has 0 bridgehead atoms. The lowest BCUT2D eigenvalue weighted by Gasteiger charge is -2.10. The number of benzene rings is 2. The lowest BCUT2D eigenvalue weighted by molar-refractivity contribution is 0.474. The molecule has 0 atom stereocenters. The van der Waals surface area contributed by atoms with Gasteiger partial charge in [-0.1, -0.05) is 12.1 Å². The van der Waals surface area contributed by atoms with Crippen molar-refractivity contribution in [1.82, 2.24) is 0 Å². The molecule has 21 heavy (non-hydrogen) atoms. The summed E-state index contributed by atoms with van der Waals surface area (Å²) >= 11 is 0. The molecule has 0 aliphatic heterocycles. The minimum absolute atomic E-state index is 0.0401. The second kappa shape index (κ2) is 5.15. The molecule has 8 nitrogen and oxygen atoms in total. The Hall–Kier alpha value is -1.88. The Morgan fingerprint density at radius 1 is 1.05 bits per heavy atom. The highest BCUT2D eigenvalue weighted by atomic mass is 32.2. The highest BCUT2D eigenvalue weighted by Gasteiger charge is 2.18. The van der Waals surface area contributed by atoms with Gasteiger partial charge in [0.05, 0.1) is 0 Å². The maximum Gasteiger partial charge on any atom is 0.295 e. The zero-order valence-electron chi connectivity index (χ0n) is 10.4. The van der Waals surface area contributed by atoms with Crippen LogP contribution in [0.25, 0.3) is 10.8 Å². The molecule has 0 unspecified atom stereocenters. The van der Waals surface area contributed by atoms with E-state index in [1.165, 1.54) is 24.3 Å². The van der Waals surface area contributed by atoms with Crippen LogP contribution in [-0.2, 0) is 20.2 Å². The van der Waals surface area contributed by atoms with Gasteiger partial charge in [0.2, 0.25) is 0 Å². The van der Waals surface area contributed by atoms with Gasteiger partial charge in [-0.15, -0.1) is 0 Å². The Morgan fingerprint density at radius 2 is 1.71 bits per heavy atom. The van der Waals surface area contributed by atoms with Crippen molar-refractivity contribution in [3.8, 4) is 5.75 Å². The zero-order valence-corrected chi connectivity index (χ0v) is 12.0. The van der Waals surface area contributed by atoms with Crippen LogP contribution in [0.1, 0.15) is 0 Å². The number of fused-ring (bicyclic) bond motifs is 1. The zero-order chi connectivity index (χ0) is 15.8. The van der Waals surface area contributed by atoms with Crippen molar-refractivity contribution in [1.29, 1.82) is 0 Å². The van der Waals surface area contributed by atoms with Gasteiger partial charge in [-0.2, -0.15) is 16.8 Å². The van der Waals surface area contributed by atoms with Crippen molar-refractivity contribution in [2.75, 3.05) is 11.2 Å². The summed E-state index contributed by atoms with van der Waals surface area (Å²) in [4.78, 5) is -0.573. The Bertz CT molecular complexity index is 904. The molecule has 0 saturated heterocycles. The molecule has 2 aromatic rings. The fourth-order valence-electron chi connectivity index (χ4n) is 1.85. The van der Waals surface area contributed by atoms with Gasteiger partial charge in [0, 0.05) is 11.1 Å². The van der Waals surface area contributed by atoms with Crippen LogP contribution in [0.4, 0.5) is 5.69 Å². The first-order chi connectivity index (χ1) is 9.58. The summed E-state index contributed by atoms with van der Waals surface area (Å²) in [5, 5.41) is 12.2. The van der Waals surface area contributed by atoms with Crippen molar-refractivity contribution in [2.24, 2.45) is 0 Å². The smallest absolute Gasteiger partial charge is 0.295 e. The van der Waals surface area contributed by atoms with Gasteiger partial charge in [0.15, 0.2) is 0 Å². The molecule has 0 spiro atoms. The molecule has 0 heterocycles. The molecule has 0 aliphatic rings. The Morgan fingerprint density at radius 3 is 2.29 bits per heavy atom. The predicted molar refractivity (Wildman–Crippen MR) is 75.5 cm³/mol. The van der Waals surface area contributed by atoms with Gasteiger partial charge in [-0.25, -0.2) is 0 Å². The molecule has 0 aromatic heterocycles. The maximum atomic E-state index is 11.4. The van der Waals surface area contributed by atoms with E-state index in [9.17, 15) is 26.5 Å². The van der Waals surface area contributed by atoms with Gasteiger partial charge in [-0.05, 0) is 23.6 Å². The summed E-state index contributed by atoms with van der Waals surface area (Å²) in [5.74, 6) is -1.18. The Kier molecular flexibility index (Phi) is 3.80. The van der Waals surface area contributed by atoms with E-state index in [-0.39, 0.29) is 22.2 Å². The molecular formula is C11H11NO7S2. The van der Waals surface area contributed by atoms with E-state index in [1.807, 2.05) is 0 Å². The summed E-state index contributed by atoms with van der Waals surface area (Å²) in [5.41, 5.74) is 0.0401. The fourth-order valence-corrected chi connectivity index (χ4v) is 2.95. The number of nitrogens with one attached hydrogen (secondary N) is 1. The highest BCUT2D eigenvalue weighted by Crippen LogP contribution is 2.33. The fraction of sp³-hybridized carbons (Fsp3) is 0.0909. The van der Waals surface area contributed by atoms with Crippen LogP contribution < -0.4 is 5.32 Å². The molecule has 2 rings (SSSR count). The standard InChI is InChI=1S/C11H11NO7S2/c13-9-3-1-2-7-4-8(12-6-20(14,15)16)5-10(11(7)9)21(17,18)19/h1-5,12-13H,6H2,(H,14,15,16)(H,17,18,19). The van der Waals surface area contributed by atoms with Crippen molar-refractivity contribution >= 4 is 36.7 Å². The number of hydrogen-bond donors (Lipinski definition) is 4. The van der Waals surface area contributed by atoms with Crippen LogP contribution in [0.3, 0.4) is 0 Å². The summed E-state index contributed by atoms with van der Waals surface area (Å²) in [6.07, 6.45) is 0. The largest absolute Gasteiger partial charge is 0.507 e. The van der Waals surface area contributed by atoms with Crippen LogP contribution >= 0.6 is 0 Å². The number of phenolic OH excluding ortho intramolecular Hbond substituents is 1. The molecule has 0 fully saturated rings. The Labute approximate surface area is 120 Å². The van der Waals surface area contributed by atoms with E-state index < -0.39 is 31.0 Å². The first-order valence-electron chi connectivity index (χ1n) is 5.50. The van der Waals surface area contributed by atoms with E-state index in [0.717, 1.165) is 6.07 Å². The van der Waals surface area contributed by atoms with Crippen LogP contribution in [0.5, 0.6) is 5.75 Å². The van der Waals surface area contributed by atoms with E-state index >= 15 is 0 Å². The quantitative estimate of drug-likeness (QED) is 0.608. The molecule has 2 aromatic carbocycles. The number of phenols is 1. The average molecular weight is 333 g/mol. The third kappa shape index (κ3) is 3.61. The van der Waals surface area contributed by atoms with Crippen LogP contribution in [0.15, 0.2) is 35.2 Å². The molecule has 0 saturated carbocycles. The van der Waals surface area contributed by atoms with Crippen molar-refractivity contribution in [2.45, 2.75) is 4.90 Å². The monoisotopic (exact) mass is 333 g/mol. The molecule has 0 amide bonds. The molecule has 4 N–H and O–H groups in total. The third-order valence-electron chi connectivity index (χ3n) is 2.66. The summed E-state index contributed by atoms with van der Waals surface area (Å²) in [6.45, 7) is 0. The maximum absolute atomic E-state index is 11.4. The predicted octanol–water partition coefficient (Wildman–Crippen LogP) is 1.05. The second-order valence-corrected chi connectivity index (χ2v) is 7.07.